The molecule has 0 N–H and O–H groups in total. The fourth-order valence-corrected chi connectivity index (χ4v) is 8.78. The number of nitrogens with zero attached hydrogens (tertiary/aromatic N) is 2. The van der Waals surface area contributed by atoms with Crippen molar-refractivity contribution in [2.75, 3.05) is 26.4 Å². The van der Waals surface area contributed by atoms with E-state index in [-0.39, 0.29) is 32.1 Å². The summed E-state index contributed by atoms with van der Waals surface area (Å²) in [5.41, 5.74) is 7.99. The van der Waals surface area contributed by atoms with Crippen molar-refractivity contribution in [2.24, 2.45) is 0 Å². The first kappa shape index (κ1) is 51.9. The summed E-state index contributed by atoms with van der Waals surface area (Å²) in [6.45, 7) is 23.6. The summed E-state index contributed by atoms with van der Waals surface area (Å²) >= 11 is 0. The summed E-state index contributed by atoms with van der Waals surface area (Å²) in [6, 6.07) is 15.5. The second kappa shape index (κ2) is 24.1. The smallest absolute Gasteiger partial charge is 0.270 e. The Balaban J connectivity index is 1.96. The minimum atomic E-state index is -0.300. The molecule has 0 heterocycles. The van der Waals surface area contributed by atoms with E-state index in [0.29, 0.717) is 97.4 Å². The first-order chi connectivity index (χ1) is 31.5. The SMILES string of the molecule is CCCCCOc1c2cc([N+](=O)[O-])cc1Cc1cc(C(C)(C)C)cc(c1OCCCCC)Cc1cc([N+](=O)[O-])cc(c1OCCCCC)Cc1cc(C(C)(C)C)cc(c1OCCCCC)C2. The molecular weight excluding hydrogens is 829 g/mol. The zero-order valence-electron chi connectivity index (χ0n) is 41.9. The number of nitro groups is 2. The average Bonchev–Trinajstić information content (AvgIpc) is 3.25. The molecule has 0 unspecified atom stereocenters. The molecular formula is C56H78N2O8. The van der Waals surface area contributed by atoms with Crippen LogP contribution in [0.3, 0.4) is 0 Å². The van der Waals surface area contributed by atoms with E-state index in [0.717, 1.165) is 110 Å². The molecule has 0 spiro atoms. The third kappa shape index (κ3) is 14.0. The van der Waals surface area contributed by atoms with Gasteiger partial charge in [0, 0.05) is 72.2 Å². The van der Waals surface area contributed by atoms with Gasteiger partial charge in [-0.15, -0.1) is 0 Å². The number of nitro benzene ring substituents is 2. The van der Waals surface area contributed by atoms with Gasteiger partial charge in [-0.05, 0) is 69.9 Å². The Hall–Kier alpha value is -5.12. The lowest BCUT2D eigenvalue weighted by atomic mass is 9.81. The number of fused-ring (bicyclic) bond motifs is 8. The Morgan fingerprint density at radius 1 is 0.394 bits per heavy atom. The van der Waals surface area contributed by atoms with Crippen LogP contribution in [0.4, 0.5) is 11.4 Å². The van der Waals surface area contributed by atoms with Gasteiger partial charge >= 0.3 is 0 Å². The van der Waals surface area contributed by atoms with Crippen molar-refractivity contribution in [3.8, 4) is 23.0 Å². The van der Waals surface area contributed by atoms with Crippen molar-refractivity contribution < 1.29 is 28.8 Å². The maximum absolute atomic E-state index is 12.9. The van der Waals surface area contributed by atoms with E-state index < -0.39 is 0 Å². The lowest BCUT2D eigenvalue weighted by Crippen LogP contribution is -2.16. The number of non-ortho nitro benzene ring substituents is 2. The molecule has 10 nitrogen and oxygen atoms in total. The van der Waals surface area contributed by atoms with Gasteiger partial charge in [-0.2, -0.15) is 0 Å². The van der Waals surface area contributed by atoms with E-state index in [1.54, 1.807) is 24.3 Å². The molecule has 8 bridgehead atoms. The molecule has 4 aromatic rings. The maximum atomic E-state index is 12.9. The fraction of sp³-hybridized carbons (Fsp3) is 0.571. The van der Waals surface area contributed by atoms with Crippen molar-refractivity contribution in [3.05, 3.63) is 124 Å². The van der Waals surface area contributed by atoms with Crippen LogP contribution in [0.15, 0.2) is 48.5 Å². The van der Waals surface area contributed by atoms with Gasteiger partial charge in [0.05, 0.1) is 36.3 Å². The van der Waals surface area contributed by atoms with Gasteiger partial charge in [-0.3, -0.25) is 20.2 Å². The van der Waals surface area contributed by atoms with Gasteiger partial charge in [-0.25, -0.2) is 0 Å². The van der Waals surface area contributed by atoms with Crippen molar-refractivity contribution in [2.45, 2.75) is 183 Å². The Morgan fingerprint density at radius 3 is 0.788 bits per heavy atom. The summed E-state index contributed by atoms with van der Waals surface area (Å²) in [4.78, 5) is 25.3. The largest absolute Gasteiger partial charge is 0.493 e. The van der Waals surface area contributed by atoms with Crippen LogP contribution < -0.4 is 18.9 Å². The monoisotopic (exact) mass is 907 g/mol. The van der Waals surface area contributed by atoms with Gasteiger partial charge in [0.15, 0.2) is 0 Å². The Labute approximate surface area is 395 Å². The van der Waals surface area contributed by atoms with Crippen molar-refractivity contribution >= 4 is 11.4 Å². The van der Waals surface area contributed by atoms with Crippen LogP contribution in [0.25, 0.3) is 0 Å². The van der Waals surface area contributed by atoms with Gasteiger partial charge in [0.25, 0.3) is 11.4 Å². The molecule has 0 aromatic heterocycles. The molecule has 1 aliphatic rings. The molecule has 360 valence electrons. The number of hydrogen-bond acceptors (Lipinski definition) is 8. The van der Waals surface area contributed by atoms with Gasteiger partial charge in [0.1, 0.15) is 23.0 Å². The lowest BCUT2D eigenvalue weighted by molar-refractivity contribution is -0.385. The van der Waals surface area contributed by atoms with Crippen LogP contribution in [0.5, 0.6) is 23.0 Å². The second-order valence-corrected chi connectivity index (χ2v) is 20.4. The normalized spacial score (nSPS) is 12.8. The van der Waals surface area contributed by atoms with Crippen LogP contribution in [0, 0.1) is 20.2 Å². The van der Waals surface area contributed by atoms with Gasteiger partial charge in [-0.1, -0.05) is 145 Å². The van der Waals surface area contributed by atoms with E-state index in [1.165, 1.54) is 0 Å². The fourth-order valence-electron chi connectivity index (χ4n) is 8.78. The maximum Gasteiger partial charge on any atom is 0.270 e. The second-order valence-electron chi connectivity index (χ2n) is 20.4. The summed E-state index contributed by atoms with van der Waals surface area (Å²) in [6.07, 6.45) is 12.8. The molecule has 0 aliphatic heterocycles. The minimum absolute atomic E-state index is 0.00408. The summed E-state index contributed by atoms with van der Waals surface area (Å²) in [5, 5.41) is 25.9. The lowest BCUT2D eigenvalue weighted by Gasteiger charge is -2.27. The van der Waals surface area contributed by atoms with Gasteiger partial charge in [0.2, 0.25) is 0 Å². The third-order valence-electron chi connectivity index (χ3n) is 12.6. The molecule has 4 aromatic carbocycles. The van der Waals surface area contributed by atoms with E-state index in [9.17, 15) is 20.2 Å². The third-order valence-corrected chi connectivity index (χ3v) is 12.6. The van der Waals surface area contributed by atoms with E-state index in [1.807, 2.05) is 0 Å². The average molecular weight is 907 g/mol. The minimum Gasteiger partial charge on any atom is -0.493 e. The highest BCUT2D eigenvalue weighted by Crippen LogP contribution is 2.44. The first-order valence-electron chi connectivity index (χ1n) is 24.9. The van der Waals surface area contributed by atoms with Crippen LogP contribution in [0.1, 0.15) is 202 Å². The van der Waals surface area contributed by atoms with Crippen LogP contribution >= 0.6 is 0 Å². The van der Waals surface area contributed by atoms with E-state index in [2.05, 4.69) is 93.5 Å². The van der Waals surface area contributed by atoms with E-state index >= 15 is 0 Å². The quantitative estimate of drug-likeness (QED) is 0.0382. The Morgan fingerprint density at radius 2 is 0.606 bits per heavy atom. The van der Waals surface area contributed by atoms with E-state index in [4.69, 9.17) is 18.9 Å². The van der Waals surface area contributed by atoms with Gasteiger partial charge < -0.3 is 18.9 Å². The highest BCUT2D eigenvalue weighted by molar-refractivity contribution is 5.61. The number of rotatable bonds is 22. The summed E-state index contributed by atoms with van der Waals surface area (Å²) in [5.74, 6) is 2.71. The van der Waals surface area contributed by atoms with Crippen LogP contribution in [0.2, 0.25) is 0 Å². The van der Waals surface area contributed by atoms with Crippen molar-refractivity contribution in [1.82, 2.24) is 0 Å². The summed E-state index contributed by atoms with van der Waals surface area (Å²) in [7, 11) is 0. The number of ether oxygens (including phenoxy) is 4. The molecule has 0 radical (unpaired) electrons. The first-order valence-corrected chi connectivity index (χ1v) is 24.9. The summed E-state index contributed by atoms with van der Waals surface area (Å²) < 4.78 is 27.4. The molecule has 0 amide bonds. The Kier molecular flexibility index (Phi) is 18.9. The number of hydrogen-bond donors (Lipinski definition) is 0. The number of unbranched alkanes of at least 4 members (excludes halogenated alkanes) is 8. The molecule has 1 aliphatic carbocycles. The van der Waals surface area contributed by atoms with Crippen LogP contribution in [-0.4, -0.2) is 36.3 Å². The number of benzene rings is 4. The molecule has 0 saturated heterocycles. The molecule has 10 heteroatoms. The zero-order chi connectivity index (χ0) is 48.0. The standard InChI is InChI=1S/C56H78N2O8/c1-11-15-19-23-63-51-39-27-43-35-49(57(59)60)37-45(53(43)65-25-21-17-13-3)29-41-33-48(56(8,9)10)34-42(52(41)64-24-20-16-12-2)30-46-38-50(58(61)62)36-44(54(46)66-26-22-18-14-4)28-40(51)32-47(31-39)55(5,6)7/h31-38H,11-30H2,1-10H3. The predicted octanol–water partition coefficient (Wildman–Crippen LogP) is 15.1. The highest BCUT2D eigenvalue weighted by Gasteiger charge is 2.29. The molecule has 0 atom stereocenters. The van der Waals surface area contributed by atoms with Crippen LogP contribution in [-0.2, 0) is 36.5 Å². The predicted molar refractivity (Wildman–Crippen MR) is 268 cm³/mol. The highest BCUT2D eigenvalue weighted by atomic mass is 16.6. The molecule has 0 saturated carbocycles. The van der Waals surface area contributed by atoms with Crippen molar-refractivity contribution in [1.29, 1.82) is 0 Å². The topological polar surface area (TPSA) is 123 Å². The molecule has 5 rings (SSSR count). The molecule has 66 heavy (non-hydrogen) atoms. The van der Waals surface area contributed by atoms with Crippen molar-refractivity contribution in [3.63, 3.8) is 0 Å². The zero-order valence-corrected chi connectivity index (χ0v) is 41.9. The Bertz CT molecular complexity index is 2010. The molecule has 0 fully saturated rings.